The van der Waals surface area contributed by atoms with Crippen molar-refractivity contribution >= 4 is 29.5 Å². The number of nitrogens with zero attached hydrogens (tertiary/aromatic N) is 1. The molecule has 1 aromatic rings. The Labute approximate surface area is 135 Å². The number of amides is 1. The van der Waals surface area contributed by atoms with Crippen LogP contribution < -0.4 is 10.1 Å². The second-order valence-corrected chi connectivity index (χ2v) is 5.60. The van der Waals surface area contributed by atoms with Crippen molar-refractivity contribution in [2.24, 2.45) is 0 Å². The molecule has 0 saturated carbocycles. The smallest absolute Gasteiger partial charge is 0.225 e. The molecule has 1 amide bonds. The van der Waals surface area contributed by atoms with Crippen molar-refractivity contribution in [2.45, 2.75) is 19.3 Å². The lowest BCUT2D eigenvalue weighted by Gasteiger charge is -2.25. The van der Waals surface area contributed by atoms with Crippen molar-refractivity contribution in [2.75, 3.05) is 32.1 Å². The number of halogens is 1. The predicted molar refractivity (Wildman–Crippen MR) is 86.6 cm³/mol. The zero-order chi connectivity index (χ0) is 15.9. The molecular weight excluding hydrogens is 304 g/mol. The molecule has 0 aromatic heterocycles. The molecule has 1 N–H and O–H groups in total. The predicted octanol–water partition coefficient (Wildman–Crippen LogP) is 2.79. The van der Waals surface area contributed by atoms with Crippen molar-refractivity contribution in [1.82, 2.24) is 4.90 Å². The largest absolute Gasteiger partial charge is 0.496 e. The van der Waals surface area contributed by atoms with E-state index in [-0.39, 0.29) is 5.91 Å². The van der Waals surface area contributed by atoms with Gasteiger partial charge >= 0.3 is 0 Å². The fraction of sp³-hybridized carbons (Fsp3) is 0.438. The van der Waals surface area contributed by atoms with Gasteiger partial charge in [-0.25, -0.2) is 0 Å². The van der Waals surface area contributed by atoms with E-state index in [1.54, 1.807) is 6.07 Å². The van der Waals surface area contributed by atoms with Crippen molar-refractivity contribution < 1.29 is 14.3 Å². The van der Waals surface area contributed by atoms with Crippen LogP contribution in [0.2, 0.25) is 5.02 Å². The fourth-order valence-corrected chi connectivity index (χ4v) is 2.65. The van der Waals surface area contributed by atoms with Gasteiger partial charge in [0.1, 0.15) is 5.75 Å². The number of piperidine rings is 1. The molecule has 119 valence electrons. The maximum atomic E-state index is 12.0. The number of benzene rings is 1. The molecule has 1 saturated heterocycles. The first-order valence-electron chi connectivity index (χ1n) is 7.30. The summed E-state index contributed by atoms with van der Waals surface area (Å²) in [5.41, 5.74) is 0.816. The first-order chi connectivity index (χ1) is 10.6. The normalized spacial score (nSPS) is 15.4. The number of methoxy groups -OCH3 is 1. The molecule has 0 bridgehead atoms. The topological polar surface area (TPSA) is 58.6 Å². The molecule has 1 aromatic carbocycles. The molecule has 1 aliphatic rings. The molecule has 1 aliphatic heterocycles. The monoisotopic (exact) mass is 323 g/mol. The fourth-order valence-electron chi connectivity index (χ4n) is 2.43. The lowest BCUT2D eigenvalue weighted by Crippen LogP contribution is -2.32. The highest BCUT2D eigenvalue weighted by atomic mass is 35.5. The molecule has 0 spiro atoms. The third kappa shape index (κ3) is 4.45. The number of carbonyl (C=O) groups is 2. The number of rotatable bonds is 6. The molecule has 5 nitrogen and oxygen atoms in total. The molecule has 0 unspecified atom stereocenters. The molecule has 6 heteroatoms. The molecular formula is C16H20ClN2O3. The first-order valence-corrected chi connectivity index (χ1v) is 7.68. The van der Waals surface area contributed by atoms with Gasteiger partial charge in [0.25, 0.3) is 0 Å². The van der Waals surface area contributed by atoms with Crippen LogP contribution in [-0.2, 0) is 4.79 Å². The number of ether oxygens (including phenoxy) is 1. The third-order valence-corrected chi connectivity index (χ3v) is 3.99. The number of nitrogens with one attached hydrogen (secondary N) is 1. The van der Waals surface area contributed by atoms with Crippen molar-refractivity contribution in [3.05, 3.63) is 29.1 Å². The number of hydrogen-bond donors (Lipinski definition) is 1. The summed E-state index contributed by atoms with van der Waals surface area (Å²) in [5, 5.41) is 3.10. The maximum Gasteiger partial charge on any atom is 0.225 e. The molecule has 22 heavy (non-hydrogen) atoms. The summed E-state index contributed by atoms with van der Waals surface area (Å²) >= 11 is 6.09. The Hall–Kier alpha value is -1.59. The van der Waals surface area contributed by atoms with Crippen LogP contribution in [0.1, 0.15) is 29.6 Å². The summed E-state index contributed by atoms with van der Waals surface area (Å²) in [6.45, 7) is 2.76. The summed E-state index contributed by atoms with van der Waals surface area (Å²) in [6, 6.07) is 3.06. The zero-order valence-corrected chi connectivity index (χ0v) is 13.4. The second-order valence-electron chi connectivity index (χ2n) is 5.20. The summed E-state index contributed by atoms with van der Waals surface area (Å²) in [6.07, 6.45) is 5.52. The maximum absolute atomic E-state index is 12.0. The summed E-state index contributed by atoms with van der Waals surface area (Å²) in [5.74, 6) is 0.290. The van der Waals surface area contributed by atoms with E-state index in [9.17, 15) is 9.59 Å². The van der Waals surface area contributed by atoms with Crippen molar-refractivity contribution in [1.29, 1.82) is 0 Å². The summed E-state index contributed by atoms with van der Waals surface area (Å²) < 4.78 is 5.12. The summed E-state index contributed by atoms with van der Waals surface area (Å²) in [7, 11) is 1.47. The van der Waals surface area contributed by atoms with Gasteiger partial charge in [-0.1, -0.05) is 11.6 Å². The van der Waals surface area contributed by atoms with E-state index in [0.29, 0.717) is 34.7 Å². The van der Waals surface area contributed by atoms with Crippen LogP contribution in [-0.4, -0.2) is 43.8 Å². The van der Waals surface area contributed by atoms with Crippen molar-refractivity contribution in [3.8, 4) is 5.75 Å². The van der Waals surface area contributed by atoms with Crippen LogP contribution in [0.5, 0.6) is 5.75 Å². The van der Waals surface area contributed by atoms with Gasteiger partial charge < -0.3 is 15.0 Å². The number of likely N-dealkylation sites (tertiary alicyclic amines) is 1. The quantitative estimate of drug-likeness (QED) is 0.818. The highest BCUT2D eigenvalue weighted by Crippen LogP contribution is 2.30. The number of aldehydes is 1. The standard InChI is InChI=1S/C16H20ClN2O3/c1-22-15-10-14(13(17)9-12(15)11-20)18-16(21)5-8-19-6-3-2-4-7-19/h2,9-11H,3-8H2,1H3,(H,18,21). The summed E-state index contributed by atoms with van der Waals surface area (Å²) in [4.78, 5) is 25.2. The minimum Gasteiger partial charge on any atom is -0.496 e. The Balaban J connectivity index is 1.94. The van der Waals surface area contributed by atoms with E-state index in [4.69, 9.17) is 16.3 Å². The van der Waals surface area contributed by atoms with Gasteiger partial charge in [0.05, 0.1) is 23.4 Å². The molecule has 1 heterocycles. The Morgan fingerprint density at radius 3 is 2.77 bits per heavy atom. The zero-order valence-electron chi connectivity index (χ0n) is 12.6. The van der Waals surface area contributed by atoms with Gasteiger partial charge in [0.15, 0.2) is 6.29 Å². The average Bonchev–Trinajstić information content (AvgIpc) is 2.55. The van der Waals surface area contributed by atoms with E-state index >= 15 is 0 Å². The third-order valence-electron chi connectivity index (χ3n) is 3.67. The Morgan fingerprint density at radius 1 is 1.41 bits per heavy atom. The highest BCUT2D eigenvalue weighted by molar-refractivity contribution is 6.34. The number of carbonyl (C=O) groups excluding carboxylic acids is 2. The Morgan fingerprint density at radius 2 is 2.14 bits per heavy atom. The van der Waals surface area contributed by atoms with E-state index in [1.165, 1.54) is 13.2 Å². The Kier molecular flexibility index (Phi) is 6.21. The van der Waals surface area contributed by atoms with E-state index in [2.05, 4.69) is 16.6 Å². The van der Waals surface area contributed by atoms with Gasteiger partial charge in [-0.15, -0.1) is 0 Å². The van der Waals surface area contributed by atoms with Crippen LogP contribution in [0.15, 0.2) is 12.1 Å². The van der Waals surface area contributed by atoms with E-state index in [0.717, 1.165) is 32.5 Å². The molecule has 0 atom stereocenters. The lowest BCUT2D eigenvalue weighted by atomic mass is 10.1. The van der Waals surface area contributed by atoms with E-state index < -0.39 is 0 Å². The lowest BCUT2D eigenvalue weighted by molar-refractivity contribution is -0.116. The van der Waals surface area contributed by atoms with Gasteiger partial charge in [-0.05, 0) is 38.4 Å². The van der Waals surface area contributed by atoms with Crippen LogP contribution >= 0.6 is 11.6 Å². The van der Waals surface area contributed by atoms with Gasteiger partial charge in [-0.2, -0.15) is 0 Å². The Bertz CT molecular complexity index is 542. The first kappa shape index (κ1) is 16.8. The van der Waals surface area contributed by atoms with Crippen LogP contribution in [0.25, 0.3) is 0 Å². The van der Waals surface area contributed by atoms with Crippen LogP contribution in [0.3, 0.4) is 0 Å². The average molecular weight is 324 g/mol. The van der Waals surface area contributed by atoms with Crippen LogP contribution in [0, 0.1) is 6.42 Å². The van der Waals surface area contributed by atoms with Crippen molar-refractivity contribution in [3.63, 3.8) is 0 Å². The number of hydrogen-bond acceptors (Lipinski definition) is 4. The number of anilines is 1. The molecule has 1 fully saturated rings. The van der Waals surface area contributed by atoms with Crippen LogP contribution in [0.4, 0.5) is 5.69 Å². The SMILES string of the molecule is COc1cc(NC(=O)CCN2CC[CH]CC2)c(Cl)cc1C=O. The second kappa shape index (κ2) is 8.15. The molecule has 1 radical (unpaired) electrons. The van der Waals surface area contributed by atoms with Gasteiger partial charge in [0.2, 0.25) is 5.91 Å². The molecule has 0 aliphatic carbocycles. The minimum atomic E-state index is -0.0997. The highest BCUT2D eigenvalue weighted by Gasteiger charge is 2.14. The minimum absolute atomic E-state index is 0.0997. The van der Waals surface area contributed by atoms with Gasteiger partial charge in [-0.3, -0.25) is 9.59 Å². The van der Waals surface area contributed by atoms with Gasteiger partial charge in [0, 0.05) is 19.0 Å². The van der Waals surface area contributed by atoms with E-state index in [1.807, 2.05) is 0 Å². The molecule has 2 rings (SSSR count).